The fourth-order valence-corrected chi connectivity index (χ4v) is 3.94. The summed E-state index contributed by atoms with van der Waals surface area (Å²) >= 11 is 2.95. The Morgan fingerprint density at radius 3 is 2.85 bits per heavy atom. The normalized spacial score (nSPS) is 12.3. The fraction of sp³-hybridized carbons (Fsp3) is 0.176. The Labute approximate surface area is 157 Å². The van der Waals surface area contributed by atoms with E-state index < -0.39 is 0 Å². The number of rotatable bonds is 6. The summed E-state index contributed by atoms with van der Waals surface area (Å²) in [5, 5.41) is 17.3. The molecule has 132 valence electrons. The lowest BCUT2D eigenvalue weighted by atomic mass is 10.2. The van der Waals surface area contributed by atoms with E-state index in [0.717, 1.165) is 10.4 Å². The molecule has 0 aliphatic heterocycles. The SMILES string of the molecule is CC(Sc1n[nH]c(=O)n1Cc1ccccc1)c1nnc(-c2cccs2)o1. The van der Waals surface area contributed by atoms with Crippen LogP contribution in [-0.4, -0.2) is 25.0 Å². The number of aromatic amines is 1. The van der Waals surface area contributed by atoms with Crippen LogP contribution in [0.4, 0.5) is 0 Å². The summed E-state index contributed by atoms with van der Waals surface area (Å²) in [6.45, 7) is 2.40. The Kier molecular flexibility index (Phi) is 4.72. The highest BCUT2D eigenvalue weighted by atomic mass is 32.2. The largest absolute Gasteiger partial charge is 0.419 e. The van der Waals surface area contributed by atoms with Crippen molar-refractivity contribution in [2.75, 3.05) is 0 Å². The third-order valence-electron chi connectivity index (χ3n) is 3.71. The topological polar surface area (TPSA) is 89.6 Å². The van der Waals surface area contributed by atoms with Crippen LogP contribution < -0.4 is 5.69 Å². The number of thiophene rings is 1. The first-order chi connectivity index (χ1) is 12.7. The van der Waals surface area contributed by atoms with Gasteiger partial charge in [-0.2, -0.15) is 0 Å². The maximum Gasteiger partial charge on any atom is 0.344 e. The van der Waals surface area contributed by atoms with Gasteiger partial charge in [0.15, 0.2) is 5.16 Å². The summed E-state index contributed by atoms with van der Waals surface area (Å²) in [7, 11) is 0. The predicted molar refractivity (Wildman–Crippen MR) is 100 cm³/mol. The number of nitrogens with zero attached hydrogens (tertiary/aromatic N) is 4. The van der Waals surface area contributed by atoms with E-state index in [1.807, 2.05) is 54.8 Å². The van der Waals surface area contributed by atoms with E-state index in [-0.39, 0.29) is 10.9 Å². The summed E-state index contributed by atoms with van der Waals surface area (Å²) in [5.41, 5.74) is 0.789. The highest BCUT2D eigenvalue weighted by Gasteiger charge is 2.20. The lowest BCUT2D eigenvalue weighted by Crippen LogP contribution is -2.18. The molecule has 1 unspecified atom stereocenters. The number of nitrogens with one attached hydrogen (secondary N) is 1. The van der Waals surface area contributed by atoms with Crippen LogP contribution in [-0.2, 0) is 6.54 Å². The van der Waals surface area contributed by atoms with Gasteiger partial charge in [0.25, 0.3) is 5.89 Å². The summed E-state index contributed by atoms with van der Waals surface area (Å²) in [6, 6.07) is 13.7. The van der Waals surface area contributed by atoms with Gasteiger partial charge in [-0.3, -0.25) is 4.57 Å². The van der Waals surface area contributed by atoms with Crippen LogP contribution in [0.2, 0.25) is 0 Å². The highest BCUT2D eigenvalue weighted by Crippen LogP contribution is 2.34. The Morgan fingerprint density at radius 1 is 1.23 bits per heavy atom. The van der Waals surface area contributed by atoms with E-state index in [4.69, 9.17) is 4.42 Å². The van der Waals surface area contributed by atoms with Crippen LogP contribution in [0.1, 0.15) is 23.6 Å². The van der Waals surface area contributed by atoms with Crippen molar-refractivity contribution in [3.8, 4) is 10.8 Å². The van der Waals surface area contributed by atoms with Crippen LogP contribution in [0.5, 0.6) is 0 Å². The van der Waals surface area contributed by atoms with Crippen molar-refractivity contribution < 1.29 is 4.42 Å². The molecule has 1 aromatic carbocycles. The zero-order valence-corrected chi connectivity index (χ0v) is 15.5. The zero-order valence-electron chi connectivity index (χ0n) is 13.8. The molecule has 4 rings (SSSR count). The van der Waals surface area contributed by atoms with E-state index in [2.05, 4.69) is 20.4 Å². The Balaban J connectivity index is 1.53. The van der Waals surface area contributed by atoms with Gasteiger partial charge in [0.1, 0.15) is 0 Å². The molecule has 9 heteroatoms. The maximum atomic E-state index is 12.1. The van der Waals surface area contributed by atoms with Crippen molar-refractivity contribution in [1.82, 2.24) is 25.0 Å². The van der Waals surface area contributed by atoms with E-state index in [9.17, 15) is 4.79 Å². The van der Waals surface area contributed by atoms with Crippen molar-refractivity contribution in [1.29, 1.82) is 0 Å². The molecule has 0 saturated carbocycles. The van der Waals surface area contributed by atoms with Gasteiger partial charge < -0.3 is 4.42 Å². The monoisotopic (exact) mass is 385 g/mol. The third kappa shape index (κ3) is 3.49. The molecule has 0 aliphatic rings. The van der Waals surface area contributed by atoms with Gasteiger partial charge in [0, 0.05) is 0 Å². The Morgan fingerprint density at radius 2 is 2.08 bits per heavy atom. The van der Waals surface area contributed by atoms with Crippen LogP contribution in [0.25, 0.3) is 10.8 Å². The second kappa shape index (κ2) is 7.30. The lowest BCUT2D eigenvalue weighted by Gasteiger charge is -2.08. The standard InChI is InChI=1S/C17H15N5O2S2/c1-11(14-18-19-15(24-14)13-8-5-9-25-13)26-17-21-20-16(23)22(17)10-12-6-3-2-4-7-12/h2-9,11H,10H2,1H3,(H,20,23). The minimum atomic E-state index is -0.242. The van der Waals surface area contributed by atoms with Gasteiger partial charge in [0.2, 0.25) is 5.89 Å². The maximum absolute atomic E-state index is 12.1. The van der Waals surface area contributed by atoms with E-state index in [0.29, 0.717) is 23.5 Å². The number of hydrogen-bond donors (Lipinski definition) is 1. The molecule has 1 N–H and O–H groups in total. The molecule has 1 atom stereocenters. The molecule has 7 nitrogen and oxygen atoms in total. The van der Waals surface area contributed by atoms with Crippen molar-refractivity contribution in [3.63, 3.8) is 0 Å². The molecule has 4 aromatic rings. The van der Waals surface area contributed by atoms with Gasteiger partial charge >= 0.3 is 5.69 Å². The van der Waals surface area contributed by atoms with Crippen molar-refractivity contribution >= 4 is 23.1 Å². The number of benzene rings is 1. The quantitative estimate of drug-likeness (QED) is 0.510. The zero-order chi connectivity index (χ0) is 17.9. The molecule has 0 amide bonds. The fourth-order valence-electron chi connectivity index (χ4n) is 2.41. The average molecular weight is 385 g/mol. The van der Waals surface area contributed by atoms with E-state index in [1.54, 1.807) is 15.9 Å². The van der Waals surface area contributed by atoms with Crippen LogP contribution in [0.15, 0.2) is 62.2 Å². The number of thioether (sulfide) groups is 1. The summed E-state index contributed by atoms with van der Waals surface area (Å²) in [6.07, 6.45) is 0. The molecule has 0 saturated heterocycles. The highest BCUT2D eigenvalue weighted by molar-refractivity contribution is 7.99. The minimum absolute atomic E-state index is 0.138. The molecule has 26 heavy (non-hydrogen) atoms. The van der Waals surface area contributed by atoms with Gasteiger partial charge in [-0.15, -0.1) is 26.6 Å². The van der Waals surface area contributed by atoms with Gasteiger partial charge in [-0.25, -0.2) is 9.89 Å². The molecule has 0 aliphatic carbocycles. The number of aromatic nitrogens is 5. The molecule has 3 heterocycles. The summed E-state index contributed by atoms with van der Waals surface area (Å²) < 4.78 is 7.37. The smallest absolute Gasteiger partial charge is 0.344 e. The van der Waals surface area contributed by atoms with Crippen LogP contribution >= 0.6 is 23.1 Å². The second-order valence-electron chi connectivity index (χ2n) is 5.57. The predicted octanol–water partition coefficient (Wildman–Crippen LogP) is 3.58. The Hall–Kier alpha value is -2.65. The molecule has 0 radical (unpaired) electrons. The summed E-state index contributed by atoms with van der Waals surface area (Å²) in [5.74, 6) is 1.01. The first-order valence-electron chi connectivity index (χ1n) is 7.94. The van der Waals surface area contributed by atoms with Crippen molar-refractivity contribution in [2.24, 2.45) is 0 Å². The number of H-pyrrole nitrogens is 1. The molecular weight excluding hydrogens is 370 g/mol. The minimum Gasteiger partial charge on any atom is -0.419 e. The Bertz CT molecular complexity index is 1040. The molecular formula is C17H15N5O2S2. The third-order valence-corrected chi connectivity index (χ3v) is 5.64. The molecule has 0 spiro atoms. The van der Waals surface area contributed by atoms with E-state index in [1.165, 1.54) is 11.8 Å². The average Bonchev–Trinajstić information content (AvgIpc) is 3.39. The van der Waals surface area contributed by atoms with E-state index >= 15 is 0 Å². The second-order valence-corrected chi connectivity index (χ2v) is 7.82. The van der Waals surface area contributed by atoms with Gasteiger partial charge in [0.05, 0.1) is 16.7 Å². The molecule has 3 aromatic heterocycles. The van der Waals surface area contributed by atoms with Crippen LogP contribution in [0.3, 0.4) is 0 Å². The van der Waals surface area contributed by atoms with Crippen molar-refractivity contribution in [3.05, 3.63) is 69.8 Å². The number of hydrogen-bond acceptors (Lipinski definition) is 7. The van der Waals surface area contributed by atoms with Crippen LogP contribution in [0, 0.1) is 0 Å². The van der Waals surface area contributed by atoms with Gasteiger partial charge in [-0.1, -0.05) is 48.2 Å². The first-order valence-corrected chi connectivity index (χ1v) is 9.69. The summed E-state index contributed by atoms with van der Waals surface area (Å²) in [4.78, 5) is 13.0. The van der Waals surface area contributed by atoms with Crippen molar-refractivity contribution in [2.45, 2.75) is 23.9 Å². The molecule has 0 fully saturated rings. The molecule has 0 bridgehead atoms. The van der Waals surface area contributed by atoms with Gasteiger partial charge in [-0.05, 0) is 23.9 Å². The lowest BCUT2D eigenvalue weighted by molar-refractivity contribution is 0.509. The first kappa shape index (κ1) is 16.8.